The van der Waals surface area contributed by atoms with Gasteiger partial charge in [-0.3, -0.25) is 0 Å². The van der Waals surface area contributed by atoms with Gasteiger partial charge in [0.25, 0.3) is 0 Å². The molecule has 1 aliphatic rings. The zero-order valence-corrected chi connectivity index (χ0v) is 12.3. The third-order valence-corrected chi connectivity index (χ3v) is 4.94. The monoisotopic (exact) mass is 252 g/mol. The van der Waals surface area contributed by atoms with Crippen molar-refractivity contribution in [2.45, 2.75) is 58.9 Å². The summed E-state index contributed by atoms with van der Waals surface area (Å²) >= 11 is 1.88. The molecular formula is C14H24N2S. The quantitative estimate of drug-likeness (QED) is 0.836. The van der Waals surface area contributed by atoms with Gasteiger partial charge in [0.15, 0.2) is 0 Å². The summed E-state index contributed by atoms with van der Waals surface area (Å²) in [5, 5.41) is 4.95. The molecule has 0 amide bonds. The minimum absolute atomic E-state index is 0.0960. The van der Waals surface area contributed by atoms with Crippen LogP contribution in [0.3, 0.4) is 0 Å². The number of thiazole rings is 1. The normalized spacial score (nSPS) is 19.3. The molecule has 0 aliphatic heterocycles. The van der Waals surface area contributed by atoms with E-state index in [0.29, 0.717) is 0 Å². The standard InChI is InChI=1S/C14H24N2S/c1-5-12-10(3)17-13(16-12)14(4,15-6-2)9-11-7-8-11/h11,15H,5-9H2,1-4H3. The van der Waals surface area contributed by atoms with Gasteiger partial charge in [0, 0.05) is 4.88 Å². The summed E-state index contributed by atoms with van der Waals surface area (Å²) in [5.41, 5.74) is 1.38. The molecule has 1 N–H and O–H groups in total. The third-order valence-electron chi connectivity index (χ3n) is 3.66. The minimum Gasteiger partial charge on any atom is -0.306 e. The number of rotatable bonds is 6. The molecule has 1 unspecified atom stereocenters. The molecule has 0 spiro atoms. The first-order chi connectivity index (χ1) is 8.09. The van der Waals surface area contributed by atoms with Crippen LogP contribution in [-0.2, 0) is 12.0 Å². The Morgan fingerprint density at radius 1 is 1.41 bits per heavy atom. The van der Waals surface area contributed by atoms with Gasteiger partial charge in [0.05, 0.1) is 11.2 Å². The van der Waals surface area contributed by atoms with E-state index < -0.39 is 0 Å². The molecule has 1 aromatic heterocycles. The van der Waals surface area contributed by atoms with Gasteiger partial charge in [0.2, 0.25) is 0 Å². The maximum absolute atomic E-state index is 4.86. The van der Waals surface area contributed by atoms with Crippen molar-refractivity contribution in [3.8, 4) is 0 Å². The number of nitrogens with zero attached hydrogens (tertiary/aromatic N) is 1. The summed E-state index contributed by atoms with van der Waals surface area (Å²) in [4.78, 5) is 6.25. The van der Waals surface area contributed by atoms with Crippen LogP contribution >= 0.6 is 11.3 Å². The highest BCUT2D eigenvalue weighted by atomic mass is 32.1. The maximum atomic E-state index is 4.86. The van der Waals surface area contributed by atoms with Crippen molar-refractivity contribution < 1.29 is 0 Å². The van der Waals surface area contributed by atoms with E-state index in [2.05, 4.69) is 33.0 Å². The Morgan fingerprint density at radius 2 is 2.12 bits per heavy atom. The van der Waals surface area contributed by atoms with Gasteiger partial charge in [-0.25, -0.2) is 4.98 Å². The van der Waals surface area contributed by atoms with Crippen molar-refractivity contribution in [3.63, 3.8) is 0 Å². The van der Waals surface area contributed by atoms with E-state index in [4.69, 9.17) is 4.98 Å². The number of aryl methyl sites for hydroxylation is 2. The summed E-state index contributed by atoms with van der Waals surface area (Å²) in [6.07, 6.45) is 5.11. The first-order valence-electron chi connectivity index (χ1n) is 6.81. The van der Waals surface area contributed by atoms with Crippen molar-refractivity contribution >= 4 is 11.3 Å². The lowest BCUT2D eigenvalue weighted by Crippen LogP contribution is -2.39. The predicted molar refractivity (Wildman–Crippen MR) is 74.6 cm³/mol. The first-order valence-corrected chi connectivity index (χ1v) is 7.62. The Balaban J connectivity index is 2.23. The molecule has 1 aliphatic carbocycles. The third kappa shape index (κ3) is 2.89. The lowest BCUT2D eigenvalue weighted by molar-refractivity contribution is 0.328. The van der Waals surface area contributed by atoms with Crippen molar-refractivity contribution in [2.24, 2.45) is 5.92 Å². The van der Waals surface area contributed by atoms with Gasteiger partial charge in [0.1, 0.15) is 5.01 Å². The summed E-state index contributed by atoms with van der Waals surface area (Å²) in [5.74, 6) is 0.924. The number of aromatic nitrogens is 1. The number of hydrogen-bond donors (Lipinski definition) is 1. The van der Waals surface area contributed by atoms with Crippen molar-refractivity contribution in [1.29, 1.82) is 0 Å². The molecule has 1 saturated carbocycles. The fourth-order valence-corrected chi connectivity index (χ4v) is 3.65. The van der Waals surface area contributed by atoms with E-state index in [0.717, 1.165) is 18.9 Å². The molecule has 0 radical (unpaired) electrons. The highest BCUT2D eigenvalue weighted by Crippen LogP contribution is 2.42. The predicted octanol–water partition coefficient (Wildman–Crippen LogP) is 3.64. The van der Waals surface area contributed by atoms with E-state index >= 15 is 0 Å². The van der Waals surface area contributed by atoms with E-state index in [1.165, 1.54) is 34.8 Å². The Hall–Kier alpha value is -0.410. The Morgan fingerprint density at radius 3 is 2.59 bits per heavy atom. The van der Waals surface area contributed by atoms with Crippen molar-refractivity contribution in [1.82, 2.24) is 10.3 Å². The number of hydrogen-bond acceptors (Lipinski definition) is 3. The van der Waals surface area contributed by atoms with Crippen LogP contribution in [0.15, 0.2) is 0 Å². The van der Waals surface area contributed by atoms with Gasteiger partial charge in [-0.1, -0.05) is 26.7 Å². The topological polar surface area (TPSA) is 24.9 Å². The van der Waals surface area contributed by atoms with Crippen molar-refractivity contribution in [3.05, 3.63) is 15.6 Å². The largest absolute Gasteiger partial charge is 0.306 e. The zero-order chi connectivity index (χ0) is 12.5. The van der Waals surface area contributed by atoms with Gasteiger partial charge in [-0.2, -0.15) is 0 Å². The van der Waals surface area contributed by atoms with Crippen LogP contribution in [0.5, 0.6) is 0 Å². The molecule has 17 heavy (non-hydrogen) atoms. The van der Waals surface area contributed by atoms with Crippen LogP contribution in [0.1, 0.15) is 55.6 Å². The second-order valence-electron chi connectivity index (χ2n) is 5.39. The van der Waals surface area contributed by atoms with Crippen LogP contribution < -0.4 is 5.32 Å². The summed E-state index contributed by atoms with van der Waals surface area (Å²) in [6.45, 7) is 9.92. The SMILES string of the molecule is CCNC(C)(CC1CC1)c1nc(CC)c(C)s1. The average Bonchev–Trinajstić information content (AvgIpc) is 2.99. The van der Waals surface area contributed by atoms with E-state index in [9.17, 15) is 0 Å². The van der Waals surface area contributed by atoms with Gasteiger partial charge in [-0.15, -0.1) is 11.3 Å². The highest BCUT2D eigenvalue weighted by Gasteiger charge is 2.36. The van der Waals surface area contributed by atoms with E-state index in [1.807, 2.05) is 11.3 Å². The molecule has 3 heteroatoms. The number of nitrogens with one attached hydrogen (secondary N) is 1. The average molecular weight is 252 g/mol. The van der Waals surface area contributed by atoms with Gasteiger partial charge < -0.3 is 5.32 Å². The second kappa shape index (κ2) is 5.07. The molecule has 2 nitrogen and oxygen atoms in total. The smallest absolute Gasteiger partial charge is 0.113 e. The molecule has 2 rings (SSSR count). The van der Waals surface area contributed by atoms with E-state index in [1.54, 1.807) is 0 Å². The Bertz CT molecular complexity index is 382. The lowest BCUT2D eigenvalue weighted by atomic mass is 9.95. The van der Waals surface area contributed by atoms with Crippen LogP contribution in [0.25, 0.3) is 0 Å². The van der Waals surface area contributed by atoms with Crippen LogP contribution in [0.2, 0.25) is 0 Å². The molecule has 1 aromatic rings. The van der Waals surface area contributed by atoms with Crippen LogP contribution in [0, 0.1) is 12.8 Å². The first kappa shape index (κ1) is 13.0. The molecule has 0 aromatic carbocycles. The Labute approximate surface area is 109 Å². The fourth-order valence-electron chi connectivity index (χ4n) is 2.52. The Kier molecular flexibility index (Phi) is 3.88. The molecule has 96 valence electrons. The minimum atomic E-state index is 0.0960. The summed E-state index contributed by atoms with van der Waals surface area (Å²) in [7, 11) is 0. The van der Waals surface area contributed by atoms with Crippen LogP contribution in [0.4, 0.5) is 0 Å². The highest BCUT2D eigenvalue weighted by molar-refractivity contribution is 7.11. The summed E-state index contributed by atoms with van der Waals surface area (Å²) < 4.78 is 0. The molecule has 1 fully saturated rings. The fraction of sp³-hybridized carbons (Fsp3) is 0.786. The molecule has 1 heterocycles. The lowest BCUT2D eigenvalue weighted by Gasteiger charge is -2.28. The van der Waals surface area contributed by atoms with Gasteiger partial charge in [-0.05, 0) is 39.2 Å². The molecule has 1 atom stereocenters. The van der Waals surface area contributed by atoms with Gasteiger partial charge >= 0.3 is 0 Å². The summed E-state index contributed by atoms with van der Waals surface area (Å²) in [6, 6.07) is 0. The van der Waals surface area contributed by atoms with E-state index in [-0.39, 0.29) is 5.54 Å². The molecule has 0 saturated heterocycles. The maximum Gasteiger partial charge on any atom is 0.113 e. The zero-order valence-electron chi connectivity index (χ0n) is 11.5. The molecule has 0 bridgehead atoms. The molecular weight excluding hydrogens is 228 g/mol. The van der Waals surface area contributed by atoms with Crippen LogP contribution in [-0.4, -0.2) is 11.5 Å². The van der Waals surface area contributed by atoms with Crippen molar-refractivity contribution in [2.75, 3.05) is 6.54 Å². The second-order valence-corrected chi connectivity index (χ2v) is 6.59.